The number of nitrogens with one attached hydrogen (secondary N) is 1. The van der Waals surface area contributed by atoms with Gasteiger partial charge in [-0.3, -0.25) is 4.79 Å². The molecule has 0 aliphatic rings. The molecule has 0 radical (unpaired) electrons. The van der Waals surface area contributed by atoms with Gasteiger partial charge in [-0.2, -0.15) is 0 Å². The van der Waals surface area contributed by atoms with E-state index in [1.807, 2.05) is 6.92 Å². The Morgan fingerprint density at radius 3 is 2.52 bits per heavy atom. The Balaban J connectivity index is 1.76. The summed E-state index contributed by atoms with van der Waals surface area (Å²) in [5.74, 6) is -1.23. The minimum Gasteiger partial charge on any atom is -0.482 e. The van der Waals surface area contributed by atoms with Gasteiger partial charge in [0.2, 0.25) is 0 Å². The fourth-order valence-corrected chi connectivity index (χ4v) is 2.02. The minimum atomic E-state index is -0.696. The van der Waals surface area contributed by atoms with Gasteiger partial charge in [-0.25, -0.2) is 9.18 Å². The van der Waals surface area contributed by atoms with E-state index in [4.69, 9.17) is 21.1 Å². The summed E-state index contributed by atoms with van der Waals surface area (Å²) in [6.45, 7) is 2.60. The highest BCUT2D eigenvalue weighted by molar-refractivity contribution is 6.31. The number of carbonyl (C=O) groups is 2. The smallest absolute Gasteiger partial charge is 0.344 e. The van der Waals surface area contributed by atoms with Crippen LogP contribution in [0, 0.1) is 19.7 Å². The molecule has 0 saturated heterocycles. The van der Waals surface area contributed by atoms with Crippen LogP contribution in [0.3, 0.4) is 0 Å². The van der Waals surface area contributed by atoms with Crippen LogP contribution in [0.1, 0.15) is 11.1 Å². The van der Waals surface area contributed by atoms with Crippen LogP contribution in [-0.4, -0.2) is 25.1 Å². The maximum atomic E-state index is 13.4. The summed E-state index contributed by atoms with van der Waals surface area (Å²) in [4.78, 5) is 23.3. The van der Waals surface area contributed by atoms with Crippen molar-refractivity contribution in [2.75, 3.05) is 18.5 Å². The first-order valence-corrected chi connectivity index (χ1v) is 7.83. The van der Waals surface area contributed by atoms with Crippen molar-refractivity contribution in [1.29, 1.82) is 0 Å². The van der Waals surface area contributed by atoms with E-state index in [0.29, 0.717) is 16.3 Å². The lowest BCUT2D eigenvalue weighted by atomic mass is 10.2. The van der Waals surface area contributed by atoms with E-state index < -0.39 is 24.3 Å². The molecule has 0 aromatic heterocycles. The van der Waals surface area contributed by atoms with Gasteiger partial charge in [-0.1, -0.05) is 17.7 Å². The van der Waals surface area contributed by atoms with Crippen LogP contribution in [-0.2, 0) is 14.3 Å². The molecule has 0 heterocycles. The quantitative estimate of drug-likeness (QED) is 0.793. The predicted octanol–water partition coefficient (Wildman–Crippen LogP) is 3.66. The van der Waals surface area contributed by atoms with E-state index in [-0.39, 0.29) is 12.3 Å². The Bertz CT molecular complexity index is 795. The van der Waals surface area contributed by atoms with Gasteiger partial charge in [0.05, 0.1) is 0 Å². The number of benzene rings is 2. The Morgan fingerprint density at radius 1 is 1.08 bits per heavy atom. The lowest BCUT2D eigenvalue weighted by Gasteiger charge is -2.09. The van der Waals surface area contributed by atoms with Crippen LogP contribution >= 0.6 is 11.6 Å². The molecule has 0 unspecified atom stereocenters. The zero-order valence-electron chi connectivity index (χ0n) is 13.8. The van der Waals surface area contributed by atoms with Gasteiger partial charge in [0.25, 0.3) is 5.91 Å². The first-order valence-electron chi connectivity index (χ1n) is 7.45. The number of ether oxygens (including phenoxy) is 2. The van der Waals surface area contributed by atoms with Crippen LogP contribution in [0.25, 0.3) is 0 Å². The van der Waals surface area contributed by atoms with Crippen molar-refractivity contribution >= 4 is 29.2 Å². The summed E-state index contributed by atoms with van der Waals surface area (Å²) in [5.41, 5.74) is 1.58. The summed E-state index contributed by atoms with van der Waals surface area (Å²) in [5, 5.41) is 3.04. The summed E-state index contributed by atoms with van der Waals surface area (Å²) in [7, 11) is 0. The average molecular weight is 366 g/mol. The van der Waals surface area contributed by atoms with Crippen LogP contribution < -0.4 is 10.1 Å². The highest BCUT2D eigenvalue weighted by atomic mass is 35.5. The van der Waals surface area contributed by atoms with E-state index in [1.165, 1.54) is 6.07 Å². The molecule has 0 bridgehead atoms. The second kappa shape index (κ2) is 8.48. The van der Waals surface area contributed by atoms with Gasteiger partial charge < -0.3 is 14.8 Å². The molecule has 0 spiro atoms. The zero-order chi connectivity index (χ0) is 18.4. The van der Waals surface area contributed by atoms with Gasteiger partial charge in [0, 0.05) is 10.7 Å². The molecule has 1 N–H and O–H groups in total. The molecule has 2 aromatic rings. The zero-order valence-corrected chi connectivity index (χ0v) is 14.5. The van der Waals surface area contributed by atoms with Crippen molar-refractivity contribution in [1.82, 2.24) is 0 Å². The molecule has 0 aliphatic heterocycles. The molecular formula is C18H17ClFNO4. The third-order valence-corrected chi connectivity index (χ3v) is 3.73. The number of halogens is 2. The fraction of sp³-hybridized carbons (Fsp3) is 0.222. The van der Waals surface area contributed by atoms with E-state index in [1.54, 1.807) is 37.3 Å². The second-order valence-electron chi connectivity index (χ2n) is 5.37. The molecular weight excluding hydrogens is 349 g/mol. The molecule has 0 saturated carbocycles. The van der Waals surface area contributed by atoms with Gasteiger partial charge in [-0.15, -0.1) is 0 Å². The number of esters is 1. The molecule has 2 aromatic carbocycles. The van der Waals surface area contributed by atoms with Crippen molar-refractivity contribution < 1.29 is 23.5 Å². The molecule has 0 atom stereocenters. The number of hydrogen-bond acceptors (Lipinski definition) is 4. The maximum absolute atomic E-state index is 13.4. The molecule has 0 fully saturated rings. The van der Waals surface area contributed by atoms with Crippen molar-refractivity contribution in [2.45, 2.75) is 13.8 Å². The van der Waals surface area contributed by atoms with E-state index >= 15 is 0 Å². The highest BCUT2D eigenvalue weighted by Gasteiger charge is 2.10. The Morgan fingerprint density at radius 2 is 1.84 bits per heavy atom. The van der Waals surface area contributed by atoms with Gasteiger partial charge >= 0.3 is 5.97 Å². The monoisotopic (exact) mass is 365 g/mol. The van der Waals surface area contributed by atoms with Crippen molar-refractivity contribution in [3.05, 3.63) is 58.4 Å². The van der Waals surface area contributed by atoms with E-state index in [9.17, 15) is 14.0 Å². The number of carbonyl (C=O) groups excluding carboxylic acids is 2. The molecule has 0 aliphatic carbocycles. The number of aryl methyl sites for hydroxylation is 2. The van der Waals surface area contributed by atoms with Crippen LogP contribution in [0.5, 0.6) is 5.75 Å². The molecule has 1 amide bonds. The van der Waals surface area contributed by atoms with E-state index in [2.05, 4.69) is 5.32 Å². The lowest BCUT2D eigenvalue weighted by Crippen LogP contribution is -2.23. The molecule has 2 rings (SSSR count). The van der Waals surface area contributed by atoms with Crippen molar-refractivity contribution in [2.24, 2.45) is 0 Å². The number of rotatable bonds is 6. The first-order chi connectivity index (χ1) is 11.8. The standard InChI is InChI=1S/C18H17ClFNO4/c1-11-3-4-13(8-16(11)20)21-17(22)9-25-18(23)10-24-14-5-6-15(19)12(2)7-14/h3-8H,9-10H2,1-2H3,(H,21,22). The highest BCUT2D eigenvalue weighted by Crippen LogP contribution is 2.21. The second-order valence-corrected chi connectivity index (χ2v) is 5.78. The molecule has 25 heavy (non-hydrogen) atoms. The summed E-state index contributed by atoms with van der Waals surface area (Å²) < 4.78 is 23.5. The molecule has 5 nitrogen and oxygen atoms in total. The topological polar surface area (TPSA) is 64.6 Å². The summed E-state index contributed by atoms with van der Waals surface area (Å²) in [6.07, 6.45) is 0. The Hall–Kier alpha value is -2.60. The maximum Gasteiger partial charge on any atom is 0.344 e. The Labute approximate surface area is 149 Å². The Kier molecular flexibility index (Phi) is 6.36. The number of anilines is 1. The van der Waals surface area contributed by atoms with Crippen LogP contribution in [0.2, 0.25) is 5.02 Å². The van der Waals surface area contributed by atoms with Gasteiger partial charge in [-0.05, 0) is 55.3 Å². The average Bonchev–Trinajstić information content (AvgIpc) is 2.57. The third-order valence-electron chi connectivity index (χ3n) is 3.31. The third kappa shape index (κ3) is 5.76. The van der Waals surface area contributed by atoms with Gasteiger partial charge in [0.15, 0.2) is 13.2 Å². The molecule has 7 heteroatoms. The minimum absolute atomic E-state index is 0.289. The van der Waals surface area contributed by atoms with Crippen LogP contribution in [0.4, 0.5) is 10.1 Å². The normalized spacial score (nSPS) is 10.2. The SMILES string of the molecule is Cc1ccc(NC(=O)COC(=O)COc2ccc(Cl)c(C)c2)cc1F. The first kappa shape index (κ1) is 18.7. The van der Waals surface area contributed by atoms with Crippen LogP contribution in [0.15, 0.2) is 36.4 Å². The summed E-state index contributed by atoms with van der Waals surface area (Å²) >= 11 is 5.90. The van der Waals surface area contributed by atoms with Crippen molar-refractivity contribution in [3.8, 4) is 5.75 Å². The lowest BCUT2D eigenvalue weighted by molar-refractivity contribution is -0.149. The number of hydrogen-bond donors (Lipinski definition) is 1. The summed E-state index contributed by atoms with van der Waals surface area (Å²) in [6, 6.07) is 9.27. The predicted molar refractivity (Wildman–Crippen MR) is 92.4 cm³/mol. The van der Waals surface area contributed by atoms with E-state index in [0.717, 1.165) is 5.56 Å². The van der Waals surface area contributed by atoms with Crippen molar-refractivity contribution in [3.63, 3.8) is 0 Å². The largest absolute Gasteiger partial charge is 0.482 e. The van der Waals surface area contributed by atoms with Gasteiger partial charge in [0.1, 0.15) is 11.6 Å². The molecule has 132 valence electrons. The number of amides is 1. The fourth-order valence-electron chi connectivity index (χ4n) is 1.90.